The second-order valence-corrected chi connectivity index (χ2v) is 10.8. The van der Waals surface area contributed by atoms with Crippen LogP contribution >= 0.6 is 11.6 Å². The molecule has 0 radical (unpaired) electrons. The maximum absolute atomic E-state index is 13.5. The normalized spacial score (nSPS) is 13.4. The molecule has 0 aliphatic rings. The van der Waals surface area contributed by atoms with Crippen molar-refractivity contribution >= 4 is 21.4 Å². The number of benzene rings is 1. The highest BCUT2D eigenvalue weighted by molar-refractivity contribution is 7.91. The monoisotopic (exact) mass is 532 g/mol. The predicted molar refractivity (Wildman–Crippen MR) is 133 cm³/mol. The van der Waals surface area contributed by atoms with Gasteiger partial charge in [0.2, 0.25) is 5.82 Å². The molecule has 10 nitrogen and oxygen atoms in total. The van der Waals surface area contributed by atoms with E-state index >= 15 is 0 Å². The van der Waals surface area contributed by atoms with E-state index in [-0.39, 0.29) is 22.5 Å². The third-order valence-electron chi connectivity index (χ3n) is 5.70. The first kappa shape index (κ1) is 25.7. The number of aromatic nitrogens is 4. The molecule has 3 heterocycles. The molecule has 0 spiro atoms. The molecule has 1 aromatic carbocycles. The van der Waals surface area contributed by atoms with Crippen LogP contribution in [-0.4, -0.2) is 52.7 Å². The molecule has 190 valence electrons. The van der Waals surface area contributed by atoms with Gasteiger partial charge in [0.25, 0.3) is 0 Å². The van der Waals surface area contributed by atoms with Crippen LogP contribution in [0, 0.1) is 6.92 Å². The fraction of sp³-hybridized carbons (Fsp3) is 0.292. The average molecular weight is 533 g/mol. The van der Waals surface area contributed by atoms with Gasteiger partial charge < -0.3 is 19.0 Å². The molecule has 1 N–H and O–H groups in total. The van der Waals surface area contributed by atoms with Crippen molar-refractivity contribution in [3.63, 3.8) is 0 Å². The first-order valence-corrected chi connectivity index (χ1v) is 13.0. The molecule has 2 atom stereocenters. The molecule has 0 aliphatic carbocycles. The Labute approximate surface area is 213 Å². The number of hydrogen-bond acceptors (Lipinski definition) is 9. The first-order valence-electron chi connectivity index (χ1n) is 10.9. The molecule has 0 saturated carbocycles. The zero-order chi connectivity index (χ0) is 26.0. The maximum Gasteiger partial charge on any atom is 0.204 e. The summed E-state index contributed by atoms with van der Waals surface area (Å²) in [7, 11) is -0.991. The van der Waals surface area contributed by atoms with E-state index in [1.807, 2.05) is 0 Å². The van der Waals surface area contributed by atoms with Crippen molar-refractivity contribution in [1.82, 2.24) is 19.7 Å². The lowest BCUT2D eigenvalue weighted by molar-refractivity contribution is 0.171. The number of methoxy groups -OCH3 is 2. The van der Waals surface area contributed by atoms with E-state index < -0.39 is 26.9 Å². The van der Waals surface area contributed by atoms with Crippen molar-refractivity contribution in [3.8, 4) is 28.8 Å². The van der Waals surface area contributed by atoms with E-state index in [9.17, 15) is 13.5 Å². The number of aliphatic hydroxyl groups is 1. The van der Waals surface area contributed by atoms with Crippen molar-refractivity contribution in [1.29, 1.82) is 0 Å². The van der Waals surface area contributed by atoms with Gasteiger partial charge in [-0.2, -0.15) is 0 Å². The molecule has 0 saturated heterocycles. The highest BCUT2D eigenvalue weighted by Crippen LogP contribution is 2.37. The van der Waals surface area contributed by atoms with E-state index in [1.54, 1.807) is 43.3 Å². The van der Waals surface area contributed by atoms with Crippen molar-refractivity contribution < 1.29 is 27.4 Å². The SMILES string of the molecule is COc1cccc(OC)c1-n1c(CS(=O)(=O)[C@H](C)[C@H](O)c2cccc(Cl)n2)nnc1-c1ccc(C)o1. The van der Waals surface area contributed by atoms with Crippen molar-refractivity contribution in [2.24, 2.45) is 0 Å². The van der Waals surface area contributed by atoms with Gasteiger partial charge in [-0.05, 0) is 50.2 Å². The van der Waals surface area contributed by atoms with Crippen LogP contribution in [0.25, 0.3) is 17.3 Å². The molecule has 4 aromatic rings. The number of furan rings is 1. The van der Waals surface area contributed by atoms with Crippen molar-refractivity contribution in [2.75, 3.05) is 14.2 Å². The average Bonchev–Trinajstić information content (AvgIpc) is 3.47. The predicted octanol–water partition coefficient (Wildman–Crippen LogP) is 3.94. The summed E-state index contributed by atoms with van der Waals surface area (Å²) in [6.45, 7) is 3.19. The van der Waals surface area contributed by atoms with Crippen LogP contribution in [0.3, 0.4) is 0 Å². The van der Waals surface area contributed by atoms with Gasteiger partial charge in [0.05, 0.1) is 25.2 Å². The minimum Gasteiger partial charge on any atom is -0.494 e. The van der Waals surface area contributed by atoms with Gasteiger partial charge in [-0.1, -0.05) is 23.7 Å². The molecule has 0 bridgehead atoms. The molecule has 12 heteroatoms. The van der Waals surface area contributed by atoms with Crippen LogP contribution < -0.4 is 9.47 Å². The summed E-state index contributed by atoms with van der Waals surface area (Å²) in [5.41, 5.74) is 0.560. The summed E-state index contributed by atoms with van der Waals surface area (Å²) in [6, 6.07) is 13.3. The Balaban J connectivity index is 1.82. The summed E-state index contributed by atoms with van der Waals surface area (Å²) < 4.78 is 45.3. The topological polar surface area (TPSA) is 130 Å². The minimum absolute atomic E-state index is 0.0833. The number of halogens is 1. The number of nitrogens with zero attached hydrogens (tertiary/aromatic N) is 4. The molecule has 0 fully saturated rings. The van der Waals surface area contributed by atoms with Gasteiger partial charge in [0, 0.05) is 0 Å². The third-order valence-corrected chi connectivity index (χ3v) is 7.96. The van der Waals surface area contributed by atoms with Gasteiger partial charge in [-0.3, -0.25) is 4.57 Å². The summed E-state index contributed by atoms with van der Waals surface area (Å²) in [5.74, 6) is 1.65. The molecular formula is C24H25ClN4O6S. The number of ether oxygens (including phenoxy) is 2. The van der Waals surface area contributed by atoms with E-state index in [0.29, 0.717) is 28.7 Å². The first-order chi connectivity index (χ1) is 17.2. The maximum atomic E-state index is 13.5. The molecule has 0 amide bonds. The van der Waals surface area contributed by atoms with Crippen LogP contribution in [0.1, 0.15) is 30.3 Å². The fourth-order valence-corrected chi connectivity index (χ4v) is 5.26. The Hall–Kier alpha value is -3.41. The lowest BCUT2D eigenvalue weighted by Crippen LogP contribution is -2.28. The number of aryl methyl sites for hydroxylation is 1. The van der Waals surface area contributed by atoms with Crippen LogP contribution in [0.15, 0.2) is 52.9 Å². The van der Waals surface area contributed by atoms with E-state index in [0.717, 1.165) is 0 Å². The second-order valence-electron chi connectivity index (χ2n) is 8.04. The molecule has 4 rings (SSSR count). The highest BCUT2D eigenvalue weighted by Gasteiger charge is 2.34. The van der Waals surface area contributed by atoms with Crippen molar-refractivity contribution in [3.05, 3.63) is 71.0 Å². The summed E-state index contributed by atoms with van der Waals surface area (Å²) in [4.78, 5) is 4.04. The number of sulfone groups is 1. The number of hydrogen-bond donors (Lipinski definition) is 1. The third kappa shape index (κ3) is 4.95. The summed E-state index contributed by atoms with van der Waals surface area (Å²) in [5, 5.41) is 18.1. The quantitative estimate of drug-likeness (QED) is 0.318. The molecule has 3 aromatic heterocycles. The largest absolute Gasteiger partial charge is 0.494 e. The van der Waals surface area contributed by atoms with Gasteiger partial charge in [-0.15, -0.1) is 10.2 Å². The zero-order valence-corrected chi connectivity index (χ0v) is 21.6. The fourth-order valence-electron chi connectivity index (χ4n) is 3.75. The lowest BCUT2D eigenvalue weighted by atomic mass is 10.2. The van der Waals surface area contributed by atoms with Gasteiger partial charge in [0.15, 0.2) is 21.4 Å². The summed E-state index contributed by atoms with van der Waals surface area (Å²) in [6.07, 6.45) is -1.40. The van der Waals surface area contributed by atoms with Gasteiger partial charge >= 0.3 is 0 Å². The number of aliphatic hydroxyl groups excluding tert-OH is 1. The minimum atomic E-state index is -3.98. The lowest BCUT2D eigenvalue weighted by Gasteiger charge is -2.20. The zero-order valence-electron chi connectivity index (χ0n) is 20.0. The Bertz CT molecular complexity index is 1460. The van der Waals surface area contributed by atoms with Crippen LogP contribution in [0.5, 0.6) is 11.5 Å². The van der Waals surface area contributed by atoms with E-state index in [4.69, 9.17) is 25.5 Å². The van der Waals surface area contributed by atoms with Crippen LogP contribution in [0.4, 0.5) is 0 Å². The van der Waals surface area contributed by atoms with E-state index in [1.165, 1.54) is 37.8 Å². The number of para-hydroxylation sites is 1. The Kier molecular flexibility index (Phi) is 7.34. The Morgan fingerprint density at radius 3 is 2.31 bits per heavy atom. The van der Waals surface area contributed by atoms with Crippen LogP contribution in [-0.2, 0) is 15.6 Å². The van der Waals surface area contributed by atoms with Crippen LogP contribution in [0.2, 0.25) is 5.15 Å². The second kappa shape index (κ2) is 10.3. The van der Waals surface area contributed by atoms with Crippen molar-refractivity contribution in [2.45, 2.75) is 31.0 Å². The van der Waals surface area contributed by atoms with Gasteiger partial charge in [0.1, 0.15) is 40.0 Å². The Morgan fingerprint density at radius 1 is 1.06 bits per heavy atom. The van der Waals surface area contributed by atoms with Gasteiger partial charge in [-0.25, -0.2) is 13.4 Å². The van der Waals surface area contributed by atoms with E-state index in [2.05, 4.69) is 15.2 Å². The summed E-state index contributed by atoms with van der Waals surface area (Å²) >= 11 is 5.92. The number of pyridine rings is 1. The number of rotatable bonds is 9. The molecule has 0 unspecified atom stereocenters. The molecule has 36 heavy (non-hydrogen) atoms. The molecule has 0 aliphatic heterocycles. The standard InChI is InChI=1S/C24H25ClN4O6S/c1-14-11-12-19(35-14)24-28-27-21(29(24)22-17(33-3)8-6-9-18(22)34-4)13-36(31,32)15(2)23(30)16-7-5-10-20(25)26-16/h5-12,15,23,30H,13H2,1-4H3/t15-,23+/m1/s1. The smallest absolute Gasteiger partial charge is 0.204 e. The molecular weight excluding hydrogens is 508 g/mol. The Morgan fingerprint density at radius 2 is 1.72 bits per heavy atom. The highest BCUT2D eigenvalue weighted by atomic mass is 35.5.